The molecule has 6 heteroatoms. The van der Waals surface area contributed by atoms with Gasteiger partial charge < -0.3 is 15.4 Å². The quantitative estimate of drug-likeness (QED) is 0.584. The van der Waals surface area contributed by atoms with E-state index in [0.29, 0.717) is 25.5 Å². The Labute approximate surface area is 191 Å². The topological polar surface area (TPSA) is 70.7 Å². The first-order valence-electron chi connectivity index (χ1n) is 11.6. The van der Waals surface area contributed by atoms with Crippen LogP contribution in [0.5, 0.6) is 5.75 Å². The number of carbonyl (C=O) groups excluding carboxylic acids is 2. The van der Waals surface area contributed by atoms with Gasteiger partial charge in [0.1, 0.15) is 12.4 Å². The van der Waals surface area contributed by atoms with E-state index in [1.807, 2.05) is 68.4 Å². The first-order chi connectivity index (χ1) is 15.5. The number of rotatable bonds is 10. The van der Waals surface area contributed by atoms with Crippen LogP contribution < -0.4 is 15.4 Å². The lowest BCUT2D eigenvalue weighted by molar-refractivity contribution is -0.123. The summed E-state index contributed by atoms with van der Waals surface area (Å²) in [6.07, 6.45) is 3.56. The maximum atomic E-state index is 12.8. The molecule has 0 aliphatic carbocycles. The molecule has 2 aromatic rings. The summed E-state index contributed by atoms with van der Waals surface area (Å²) in [5.74, 6) is 1.26. The summed E-state index contributed by atoms with van der Waals surface area (Å²) < 4.78 is 5.81. The molecule has 32 heavy (non-hydrogen) atoms. The summed E-state index contributed by atoms with van der Waals surface area (Å²) in [7, 11) is 0. The van der Waals surface area contributed by atoms with Gasteiger partial charge in [0.25, 0.3) is 0 Å². The van der Waals surface area contributed by atoms with Crippen LogP contribution in [0.4, 0.5) is 5.69 Å². The van der Waals surface area contributed by atoms with Crippen molar-refractivity contribution in [3.8, 4) is 5.75 Å². The number of amides is 2. The van der Waals surface area contributed by atoms with Crippen molar-refractivity contribution in [2.45, 2.75) is 52.2 Å². The summed E-state index contributed by atoms with van der Waals surface area (Å²) in [5.41, 5.74) is 1.87. The van der Waals surface area contributed by atoms with Gasteiger partial charge in [-0.15, -0.1) is 0 Å². The van der Waals surface area contributed by atoms with Gasteiger partial charge in [-0.25, -0.2) is 0 Å². The normalized spacial score (nSPS) is 17.4. The van der Waals surface area contributed by atoms with E-state index in [2.05, 4.69) is 15.5 Å². The van der Waals surface area contributed by atoms with Crippen LogP contribution >= 0.6 is 0 Å². The standard InChI is InChI=1S/C26H35N3O3/c1-3-8-25(30)27-17-22-11-7-16-29(18-22)20(2)26(31)28-23-12-14-24(15-13-23)32-19-21-9-5-4-6-10-21/h4-6,9-10,12-15,20,22H,3,7-8,11,16-19H2,1-2H3,(H,27,30)(H,28,31). The molecule has 6 nitrogen and oxygen atoms in total. The summed E-state index contributed by atoms with van der Waals surface area (Å²) >= 11 is 0. The number of hydrogen-bond donors (Lipinski definition) is 2. The molecule has 1 saturated heterocycles. The van der Waals surface area contributed by atoms with E-state index < -0.39 is 0 Å². The third-order valence-corrected chi connectivity index (χ3v) is 5.91. The van der Waals surface area contributed by atoms with Gasteiger partial charge in [-0.2, -0.15) is 0 Å². The Bertz CT molecular complexity index is 854. The Morgan fingerprint density at radius 3 is 2.59 bits per heavy atom. The van der Waals surface area contributed by atoms with Crippen molar-refractivity contribution >= 4 is 17.5 Å². The van der Waals surface area contributed by atoms with Crippen molar-refractivity contribution in [3.63, 3.8) is 0 Å². The van der Waals surface area contributed by atoms with Crippen LogP contribution in [0.2, 0.25) is 0 Å². The number of nitrogens with one attached hydrogen (secondary N) is 2. The molecule has 1 heterocycles. The van der Waals surface area contributed by atoms with E-state index in [1.165, 1.54) is 0 Å². The maximum Gasteiger partial charge on any atom is 0.241 e. The van der Waals surface area contributed by atoms with E-state index in [0.717, 1.165) is 49.4 Å². The highest BCUT2D eigenvalue weighted by Crippen LogP contribution is 2.20. The lowest BCUT2D eigenvalue weighted by atomic mass is 9.96. The minimum Gasteiger partial charge on any atom is -0.489 e. The van der Waals surface area contributed by atoms with Crippen molar-refractivity contribution in [2.75, 3.05) is 25.0 Å². The van der Waals surface area contributed by atoms with Gasteiger partial charge in [0.15, 0.2) is 0 Å². The molecule has 2 atom stereocenters. The van der Waals surface area contributed by atoms with E-state index in [9.17, 15) is 9.59 Å². The number of nitrogens with zero attached hydrogens (tertiary/aromatic N) is 1. The van der Waals surface area contributed by atoms with E-state index in [4.69, 9.17) is 4.74 Å². The number of hydrogen-bond acceptors (Lipinski definition) is 4. The molecule has 1 fully saturated rings. The van der Waals surface area contributed by atoms with Crippen LogP contribution in [0.3, 0.4) is 0 Å². The van der Waals surface area contributed by atoms with Gasteiger partial charge in [-0.1, -0.05) is 37.3 Å². The molecule has 3 rings (SSSR count). The zero-order valence-corrected chi connectivity index (χ0v) is 19.2. The van der Waals surface area contributed by atoms with E-state index in [-0.39, 0.29) is 17.9 Å². The molecule has 0 bridgehead atoms. The second-order valence-corrected chi connectivity index (χ2v) is 8.52. The molecule has 0 saturated carbocycles. The van der Waals surface area contributed by atoms with Gasteiger partial charge in [0.2, 0.25) is 11.8 Å². The fourth-order valence-electron chi connectivity index (χ4n) is 3.98. The smallest absolute Gasteiger partial charge is 0.241 e. The van der Waals surface area contributed by atoms with Gasteiger partial charge in [0.05, 0.1) is 6.04 Å². The minimum atomic E-state index is -0.224. The molecule has 0 spiro atoms. The van der Waals surface area contributed by atoms with Crippen molar-refractivity contribution in [2.24, 2.45) is 5.92 Å². The molecular weight excluding hydrogens is 402 g/mol. The summed E-state index contributed by atoms with van der Waals surface area (Å²) in [6.45, 7) is 6.89. The molecule has 2 aromatic carbocycles. The van der Waals surface area contributed by atoms with Crippen molar-refractivity contribution < 1.29 is 14.3 Å². The Morgan fingerprint density at radius 1 is 1.12 bits per heavy atom. The first-order valence-corrected chi connectivity index (χ1v) is 11.6. The highest BCUT2D eigenvalue weighted by Gasteiger charge is 2.27. The van der Waals surface area contributed by atoms with Crippen LogP contribution in [0.15, 0.2) is 54.6 Å². The second kappa shape index (κ2) is 12.2. The molecule has 1 aliphatic rings. The summed E-state index contributed by atoms with van der Waals surface area (Å²) in [5, 5.41) is 6.05. The van der Waals surface area contributed by atoms with Crippen LogP contribution in [0.1, 0.15) is 45.1 Å². The number of likely N-dealkylation sites (tertiary alicyclic amines) is 1. The van der Waals surface area contributed by atoms with Crippen LogP contribution in [-0.2, 0) is 16.2 Å². The number of piperidine rings is 1. The van der Waals surface area contributed by atoms with E-state index >= 15 is 0 Å². The number of benzene rings is 2. The predicted octanol–water partition coefficient (Wildman–Crippen LogP) is 4.22. The zero-order chi connectivity index (χ0) is 22.8. The Morgan fingerprint density at radius 2 is 1.88 bits per heavy atom. The van der Waals surface area contributed by atoms with Crippen molar-refractivity contribution in [3.05, 3.63) is 60.2 Å². The van der Waals surface area contributed by atoms with Gasteiger partial charge in [-0.3, -0.25) is 14.5 Å². The van der Waals surface area contributed by atoms with Crippen LogP contribution in [-0.4, -0.2) is 42.4 Å². The van der Waals surface area contributed by atoms with Crippen LogP contribution in [0, 0.1) is 5.92 Å². The molecule has 2 N–H and O–H groups in total. The molecular formula is C26H35N3O3. The molecule has 0 radical (unpaired) electrons. The predicted molar refractivity (Wildman–Crippen MR) is 128 cm³/mol. The minimum absolute atomic E-state index is 0.0152. The van der Waals surface area contributed by atoms with Gasteiger partial charge in [0, 0.05) is 25.2 Å². The average Bonchev–Trinajstić information content (AvgIpc) is 2.83. The van der Waals surface area contributed by atoms with Crippen molar-refractivity contribution in [1.29, 1.82) is 0 Å². The number of carbonyl (C=O) groups is 2. The lowest BCUT2D eigenvalue weighted by Crippen LogP contribution is -2.48. The monoisotopic (exact) mass is 437 g/mol. The molecule has 0 aromatic heterocycles. The third kappa shape index (κ3) is 7.38. The zero-order valence-electron chi connectivity index (χ0n) is 19.2. The SMILES string of the molecule is CCCC(=O)NCC1CCCN(C(C)C(=O)Nc2ccc(OCc3ccccc3)cc2)C1. The summed E-state index contributed by atoms with van der Waals surface area (Å²) in [6, 6.07) is 17.3. The Balaban J connectivity index is 1.45. The highest BCUT2D eigenvalue weighted by atomic mass is 16.5. The number of anilines is 1. The molecule has 2 amide bonds. The second-order valence-electron chi connectivity index (χ2n) is 8.52. The largest absolute Gasteiger partial charge is 0.489 e. The maximum absolute atomic E-state index is 12.8. The Kier molecular flexibility index (Phi) is 9.11. The fourth-order valence-corrected chi connectivity index (χ4v) is 3.98. The molecule has 2 unspecified atom stereocenters. The summed E-state index contributed by atoms with van der Waals surface area (Å²) in [4.78, 5) is 26.8. The van der Waals surface area contributed by atoms with Gasteiger partial charge in [-0.05, 0) is 68.5 Å². The van der Waals surface area contributed by atoms with E-state index in [1.54, 1.807) is 0 Å². The average molecular weight is 438 g/mol. The first kappa shape index (κ1) is 23.8. The fraction of sp³-hybridized carbons (Fsp3) is 0.462. The molecule has 1 aliphatic heterocycles. The van der Waals surface area contributed by atoms with Gasteiger partial charge >= 0.3 is 0 Å². The number of ether oxygens (including phenoxy) is 1. The lowest BCUT2D eigenvalue weighted by Gasteiger charge is -2.36. The third-order valence-electron chi connectivity index (χ3n) is 5.91. The Hall–Kier alpha value is -2.86. The molecule has 172 valence electrons. The highest BCUT2D eigenvalue weighted by molar-refractivity contribution is 5.94. The van der Waals surface area contributed by atoms with Crippen molar-refractivity contribution in [1.82, 2.24) is 10.2 Å². The van der Waals surface area contributed by atoms with Crippen LogP contribution in [0.25, 0.3) is 0 Å².